The lowest BCUT2D eigenvalue weighted by molar-refractivity contribution is 0.262. The SMILES string of the molecule is C=CCC(CC=C)CO[SiH2]Cc1ccccc1. The van der Waals surface area contributed by atoms with Crippen LogP contribution in [0.3, 0.4) is 0 Å². The summed E-state index contributed by atoms with van der Waals surface area (Å²) >= 11 is 0. The van der Waals surface area contributed by atoms with Crippen molar-refractivity contribution in [3.63, 3.8) is 0 Å². The number of hydrogen-bond donors (Lipinski definition) is 0. The third-order valence-electron chi connectivity index (χ3n) is 2.73. The third-order valence-corrected chi connectivity index (χ3v) is 4.04. The van der Waals surface area contributed by atoms with Crippen molar-refractivity contribution in [3.8, 4) is 0 Å². The van der Waals surface area contributed by atoms with E-state index < -0.39 is 9.76 Å². The van der Waals surface area contributed by atoms with Crippen molar-refractivity contribution < 1.29 is 4.43 Å². The maximum absolute atomic E-state index is 5.85. The van der Waals surface area contributed by atoms with E-state index in [2.05, 4.69) is 43.5 Å². The lowest BCUT2D eigenvalue weighted by atomic mass is 10.0. The van der Waals surface area contributed by atoms with Gasteiger partial charge in [-0.25, -0.2) is 0 Å². The zero-order valence-electron chi connectivity index (χ0n) is 10.5. The first-order valence-corrected chi connectivity index (χ1v) is 7.78. The van der Waals surface area contributed by atoms with Crippen LogP contribution in [0.25, 0.3) is 0 Å². The molecule has 1 rings (SSSR count). The molecule has 0 aromatic heterocycles. The highest BCUT2D eigenvalue weighted by Crippen LogP contribution is 2.10. The zero-order chi connectivity index (χ0) is 12.3. The Labute approximate surface area is 107 Å². The van der Waals surface area contributed by atoms with E-state index in [1.807, 2.05) is 12.2 Å². The number of allylic oxidation sites excluding steroid dienone is 2. The Bertz CT molecular complexity index is 311. The van der Waals surface area contributed by atoms with E-state index in [1.54, 1.807) is 0 Å². The monoisotopic (exact) mass is 246 g/mol. The molecule has 0 aliphatic rings. The minimum atomic E-state index is -0.432. The van der Waals surface area contributed by atoms with Gasteiger partial charge in [0.25, 0.3) is 0 Å². The topological polar surface area (TPSA) is 9.23 Å². The Balaban J connectivity index is 2.17. The fourth-order valence-corrected chi connectivity index (χ4v) is 3.00. The Morgan fingerprint density at radius 1 is 1.12 bits per heavy atom. The molecule has 0 atom stereocenters. The van der Waals surface area contributed by atoms with Gasteiger partial charge in [0.1, 0.15) is 0 Å². The van der Waals surface area contributed by atoms with Crippen LogP contribution >= 0.6 is 0 Å². The van der Waals surface area contributed by atoms with Crippen molar-refractivity contribution in [3.05, 3.63) is 61.2 Å². The lowest BCUT2D eigenvalue weighted by Crippen LogP contribution is -2.12. The Morgan fingerprint density at radius 2 is 1.76 bits per heavy atom. The van der Waals surface area contributed by atoms with E-state index in [1.165, 1.54) is 5.56 Å². The van der Waals surface area contributed by atoms with Gasteiger partial charge in [-0.2, -0.15) is 0 Å². The second kappa shape index (κ2) is 8.96. The van der Waals surface area contributed by atoms with Gasteiger partial charge in [0.2, 0.25) is 0 Å². The van der Waals surface area contributed by atoms with Crippen molar-refractivity contribution in [2.75, 3.05) is 6.61 Å². The van der Waals surface area contributed by atoms with E-state index in [0.717, 1.165) is 25.5 Å². The maximum Gasteiger partial charge on any atom is 0.165 e. The lowest BCUT2D eigenvalue weighted by Gasteiger charge is -2.13. The molecular formula is C15H22OSi. The molecule has 1 aromatic rings. The first-order valence-electron chi connectivity index (χ1n) is 6.20. The average molecular weight is 246 g/mol. The summed E-state index contributed by atoms with van der Waals surface area (Å²) in [5.74, 6) is 0.563. The molecule has 0 unspecified atom stereocenters. The minimum Gasteiger partial charge on any atom is -0.423 e. The highest BCUT2D eigenvalue weighted by Gasteiger charge is 2.04. The highest BCUT2D eigenvalue weighted by molar-refractivity contribution is 6.26. The van der Waals surface area contributed by atoms with Crippen molar-refractivity contribution in [2.45, 2.75) is 18.9 Å². The van der Waals surface area contributed by atoms with Crippen molar-refractivity contribution in [1.82, 2.24) is 0 Å². The summed E-state index contributed by atoms with van der Waals surface area (Å²) in [6.45, 7) is 8.42. The molecule has 0 bridgehead atoms. The molecule has 0 radical (unpaired) electrons. The maximum atomic E-state index is 5.85. The molecule has 0 aliphatic carbocycles. The molecule has 0 N–H and O–H groups in total. The summed E-state index contributed by atoms with van der Waals surface area (Å²) in [5, 5.41) is 0. The summed E-state index contributed by atoms with van der Waals surface area (Å²) in [6, 6.07) is 11.7. The van der Waals surface area contributed by atoms with Gasteiger partial charge < -0.3 is 4.43 Å². The van der Waals surface area contributed by atoms with Gasteiger partial charge in [0.15, 0.2) is 9.76 Å². The van der Waals surface area contributed by atoms with Crippen LogP contribution in [0.4, 0.5) is 0 Å². The predicted molar refractivity (Wildman–Crippen MR) is 77.8 cm³/mol. The fraction of sp³-hybridized carbons (Fsp3) is 0.333. The van der Waals surface area contributed by atoms with E-state index in [4.69, 9.17) is 4.43 Å². The van der Waals surface area contributed by atoms with Gasteiger partial charge in [0, 0.05) is 6.61 Å². The Kier molecular flexibility index (Phi) is 7.35. The smallest absolute Gasteiger partial charge is 0.165 e. The van der Waals surface area contributed by atoms with E-state index >= 15 is 0 Å². The zero-order valence-corrected chi connectivity index (χ0v) is 11.9. The van der Waals surface area contributed by atoms with Gasteiger partial charge in [-0.15, -0.1) is 13.2 Å². The molecule has 92 valence electrons. The minimum absolute atomic E-state index is 0.432. The van der Waals surface area contributed by atoms with Crippen LogP contribution in [0.1, 0.15) is 18.4 Å². The molecule has 1 nitrogen and oxygen atoms in total. The molecule has 0 amide bonds. The predicted octanol–water partition coefficient (Wildman–Crippen LogP) is 3.06. The molecule has 0 saturated carbocycles. The van der Waals surface area contributed by atoms with Crippen LogP contribution in [0.5, 0.6) is 0 Å². The quantitative estimate of drug-likeness (QED) is 0.370. The number of benzene rings is 1. The van der Waals surface area contributed by atoms with Gasteiger partial charge in [-0.1, -0.05) is 42.5 Å². The Morgan fingerprint density at radius 3 is 2.35 bits per heavy atom. The van der Waals surface area contributed by atoms with Gasteiger partial charge in [-0.3, -0.25) is 0 Å². The molecule has 0 aliphatic heterocycles. The molecule has 0 saturated heterocycles. The molecule has 0 spiro atoms. The fourth-order valence-electron chi connectivity index (χ4n) is 1.79. The normalized spacial score (nSPS) is 11.1. The van der Waals surface area contributed by atoms with Crippen LogP contribution in [0, 0.1) is 5.92 Å². The molecule has 17 heavy (non-hydrogen) atoms. The highest BCUT2D eigenvalue weighted by atomic mass is 28.2. The summed E-state index contributed by atoms with van der Waals surface area (Å²) in [4.78, 5) is 0. The summed E-state index contributed by atoms with van der Waals surface area (Å²) in [7, 11) is -0.432. The number of rotatable bonds is 9. The molecule has 0 fully saturated rings. The first kappa shape index (κ1) is 13.9. The first-order chi connectivity index (χ1) is 8.36. The summed E-state index contributed by atoms with van der Waals surface area (Å²) < 4.78 is 5.85. The molecule has 2 heteroatoms. The summed E-state index contributed by atoms with van der Waals surface area (Å²) in [6.07, 6.45) is 5.98. The van der Waals surface area contributed by atoms with Crippen LogP contribution < -0.4 is 0 Å². The van der Waals surface area contributed by atoms with Gasteiger partial charge in [0.05, 0.1) is 0 Å². The average Bonchev–Trinajstić information content (AvgIpc) is 2.36. The third kappa shape index (κ3) is 6.24. The standard InChI is InChI=1S/C15H22OSi/c1-3-8-14(9-4-2)12-16-17-13-15-10-6-5-7-11-15/h3-7,10-11,14H,1-2,8-9,12-13,17H2. The van der Waals surface area contributed by atoms with Gasteiger partial charge in [-0.05, 0) is 30.4 Å². The van der Waals surface area contributed by atoms with E-state index in [0.29, 0.717) is 5.92 Å². The molecular weight excluding hydrogens is 224 g/mol. The van der Waals surface area contributed by atoms with Crippen LogP contribution in [-0.4, -0.2) is 16.4 Å². The van der Waals surface area contributed by atoms with Gasteiger partial charge >= 0.3 is 0 Å². The van der Waals surface area contributed by atoms with Crippen LogP contribution in [-0.2, 0) is 10.5 Å². The van der Waals surface area contributed by atoms with Crippen molar-refractivity contribution in [2.24, 2.45) is 5.92 Å². The second-order valence-electron chi connectivity index (χ2n) is 4.23. The number of hydrogen-bond acceptors (Lipinski definition) is 1. The van der Waals surface area contributed by atoms with Crippen LogP contribution in [0.2, 0.25) is 0 Å². The molecule has 1 aromatic carbocycles. The van der Waals surface area contributed by atoms with Crippen molar-refractivity contribution in [1.29, 1.82) is 0 Å². The van der Waals surface area contributed by atoms with E-state index in [-0.39, 0.29) is 0 Å². The second-order valence-corrected chi connectivity index (χ2v) is 5.54. The molecule has 0 heterocycles. The van der Waals surface area contributed by atoms with Crippen LogP contribution in [0.15, 0.2) is 55.6 Å². The summed E-state index contributed by atoms with van der Waals surface area (Å²) in [5.41, 5.74) is 1.39. The Hall–Kier alpha value is -1.12. The van der Waals surface area contributed by atoms with Crippen molar-refractivity contribution >= 4 is 9.76 Å². The largest absolute Gasteiger partial charge is 0.423 e. The van der Waals surface area contributed by atoms with E-state index in [9.17, 15) is 0 Å².